The Hall–Kier alpha value is -3.16. The second-order valence-electron chi connectivity index (χ2n) is 8.61. The van der Waals surface area contributed by atoms with E-state index in [1.165, 1.54) is 25.0 Å². The summed E-state index contributed by atoms with van der Waals surface area (Å²) in [6.07, 6.45) is 7.16. The molecule has 8 heteroatoms. The number of fused-ring (bicyclic) bond motifs is 1. The predicted octanol–water partition coefficient (Wildman–Crippen LogP) is 3.75. The highest BCUT2D eigenvalue weighted by Gasteiger charge is 2.47. The lowest BCUT2D eigenvalue weighted by Gasteiger charge is -2.38. The molecule has 2 aliphatic heterocycles. The minimum atomic E-state index is -0.450. The number of nitrogens with zero attached hydrogens (tertiary/aromatic N) is 3. The molecule has 1 unspecified atom stereocenters. The third-order valence-corrected chi connectivity index (χ3v) is 6.40. The number of carbonyl (C=O) groups is 1. The lowest BCUT2D eigenvalue weighted by molar-refractivity contribution is 0.207. The summed E-state index contributed by atoms with van der Waals surface area (Å²) in [6, 6.07) is 10.4. The maximum Gasteiger partial charge on any atom is 0.317 e. The fraction of sp³-hybridized carbons (Fsp3) is 0.435. The van der Waals surface area contributed by atoms with Gasteiger partial charge in [0.25, 0.3) is 0 Å². The van der Waals surface area contributed by atoms with E-state index in [0.717, 1.165) is 42.2 Å². The average molecular weight is 423 g/mol. The number of pyridine rings is 1. The first kappa shape index (κ1) is 19.8. The maximum absolute atomic E-state index is 13.4. The molecular formula is C23H27FN6O. The van der Waals surface area contributed by atoms with E-state index < -0.39 is 5.54 Å². The molecule has 1 aliphatic carbocycles. The number of likely N-dealkylation sites (tertiary alicyclic amines) is 1. The molecule has 1 saturated carbocycles. The van der Waals surface area contributed by atoms with Gasteiger partial charge in [0.05, 0.1) is 18.3 Å². The summed E-state index contributed by atoms with van der Waals surface area (Å²) in [7, 11) is 0. The SMILES string of the molecule is O=C(NCc1cccc(F)c1)N1CCC2(C1)Nc1cccnc1NC2=NC1CCCC1. The molecule has 0 radical (unpaired) electrons. The van der Waals surface area contributed by atoms with Gasteiger partial charge < -0.3 is 20.9 Å². The minimum absolute atomic E-state index is 0.153. The van der Waals surface area contributed by atoms with Crippen LogP contribution in [0.25, 0.3) is 0 Å². The minimum Gasteiger partial charge on any atom is -0.368 e. The number of hydrogen-bond donors (Lipinski definition) is 3. The Morgan fingerprint density at radius 3 is 3.00 bits per heavy atom. The molecule has 3 aliphatic rings. The van der Waals surface area contributed by atoms with Gasteiger partial charge in [0.15, 0.2) is 5.82 Å². The Morgan fingerprint density at radius 2 is 2.16 bits per heavy atom. The van der Waals surface area contributed by atoms with Crippen molar-refractivity contribution in [3.8, 4) is 0 Å². The van der Waals surface area contributed by atoms with Crippen LogP contribution in [-0.2, 0) is 6.54 Å². The molecule has 1 aromatic carbocycles. The zero-order chi connectivity index (χ0) is 21.3. The number of aromatic nitrogens is 1. The zero-order valence-corrected chi connectivity index (χ0v) is 17.4. The van der Waals surface area contributed by atoms with Crippen LogP contribution in [0.15, 0.2) is 47.6 Å². The maximum atomic E-state index is 13.4. The molecule has 0 bridgehead atoms. The van der Waals surface area contributed by atoms with Gasteiger partial charge in [0.2, 0.25) is 0 Å². The highest BCUT2D eigenvalue weighted by atomic mass is 19.1. The van der Waals surface area contributed by atoms with Crippen LogP contribution in [0.3, 0.4) is 0 Å². The van der Waals surface area contributed by atoms with E-state index in [0.29, 0.717) is 25.7 Å². The number of urea groups is 1. The first-order valence-electron chi connectivity index (χ1n) is 11.0. The summed E-state index contributed by atoms with van der Waals surface area (Å²) in [6.45, 7) is 1.42. The molecule has 3 N–H and O–H groups in total. The van der Waals surface area contributed by atoms with Gasteiger partial charge in [-0.25, -0.2) is 14.2 Å². The van der Waals surface area contributed by atoms with Gasteiger partial charge in [-0.05, 0) is 49.1 Å². The first-order valence-corrected chi connectivity index (χ1v) is 11.0. The highest BCUT2D eigenvalue weighted by Crippen LogP contribution is 2.36. The van der Waals surface area contributed by atoms with Crippen molar-refractivity contribution in [2.75, 3.05) is 23.7 Å². The second kappa shape index (κ2) is 8.17. The predicted molar refractivity (Wildman–Crippen MR) is 119 cm³/mol. The Kier molecular flexibility index (Phi) is 5.21. The van der Waals surface area contributed by atoms with E-state index in [9.17, 15) is 9.18 Å². The number of hydrogen-bond acceptors (Lipinski definition) is 4. The molecule has 2 amide bonds. The highest BCUT2D eigenvalue weighted by molar-refractivity contribution is 6.09. The molecule has 5 rings (SSSR count). The molecule has 162 valence electrons. The van der Waals surface area contributed by atoms with Crippen molar-refractivity contribution in [1.29, 1.82) is 0 Å². The van der Waals surface area contributed by atoms with Crippen LogP contribution in [0.4, 0.5) is 20.7 Å². The molecule has 2 aromatic rings. The summed E-state index contributed by atoms with van der Waals surface area (Å²) in [4.78, 5) is 24.2. The zero-order valence-electron chi connectivity index (χ0n) is 17.4. The molecule has 3 heterocycles. The summed E-state index contributed by atoms with van der Waals surface area (Å²) < 4.78 is 13.4. The number of amidine groups is 1. The van der Waals surface area contributed by atoms with Gasteiger partial charge in [-0.1, -0.05) is 25.0 Å². The van der Waals surface area contributed by atoms with Crippen LogP contribution in [0.2, 0.25) is 0 Å². The number of carbonyl (C=O) groups excluding carboxylic acids is 1. The number of amides is 2. The first-order chi connectivity index (χ1) is 15.1. The fourth-order valence-corrected chi connectivity index (χ4v) is 4.74. The monoisotopic (exact) mass is 422 g/mol. The summed E-state index contributed by atoms with van der Waals surface area (Å²) in [5.74, 6) is 1.36. The molecule has 2 fully saturated rings. The number of benzene rings is 1. The molecular weight excluding hydrogens is 395 g/mol. The number of rotatable bonds is 3. The van der Waals surface area contributed by atoms with Gasteiger partial charge in [-0.2, -0.15) is 0 Å². The second-order valence-corrected chi connectivity index (χ2v) is 8.61. The van der Waals surface area contributed by atoms with Gasteiger partial charge in [0.1, 0.15) is 17.2 Å². The van der Waals surface area contributed by atoms with Gasteiger partial charge in [-0.3, -0.25) is 4.99 Å². The van der Waals surface area contributed by atoms with E-state index in [4.69, 9.17) is 4.99 Å². The number of aliphatic imine (C=N–C) groups is 1. The van der Waals surface area contributed by atoms with E-state index in [2.05, 4.69) is 20.9 Å². The van der Waals surface area contributed by atoms with Crippen molar-refractivity contribution in [3.63, 3.8) is 0 Å². The Morgan fingerprint density at radius 1 is 1.29 bits per heavy atom. The number of anilines is 2. The van der Waals surface area contributed by atoms with Crippen LogP contribution >= 0.6 is 0 Å². The van der Waals surface area contributed by atoms with Crippen LogP contribution in [0, 0.1) is 5.82 Å². The van der Waals surface area contributed by atoms with Crippen LogP contribution in [0.5, 0.6) is 0 Å². The van der Waals surface area contributed by atoms with Crippen molar-refractivity contribution >= 4 is 23.4 Å². The van der Waals surface area contributed by atoms with Gasteiger partial charge in [-0.15, -0.1) is 0 Å². The smallest absolute Gasteiger partial charge is 0.317 e. The Balaban J connectivity index is 1.33. The molecule has 1 saturated heterocycles. The van der Waals surface area contributed by atoms with Crippen molar-refractivity contribution in [1.82, 2.24) is 15.2 Å². The van der Waals surface area contributed by atoms with E-state index in [-0.39, 0.29) is 11.8 Å². The Labute approximate surface area is 181 Å². The van der Waals surface area contributed by atoms with E-state index in [1.54, 1.807) is 23.2 Å². The Bertz CT molecular complexity index is 1010. The lowest BCUT2D eigenvalue weighted by atomic mass is 9.93. The van der Waals surface area contributed by atoms with Crippen LogP contribution in [0.1, 0.15) is 37.7 Å². The van der Waals surface area contributed by atoms with Crippen molar-refractivity contribution in [2.24, 2.45) is 4.99 Å². The summed E-state index contributed by atoms with van der Waals surface area (Å²) in [5.41, 5.74) is 1.22. The quantitative estimate of drug-likeness (QED) is 0.704. The van der Waals surface area contributed by atoms with Crippen molar-refractivity contribution in [2.45, 2.75) is 50.2 Å². The molecule has 1 aromatic heterocycles. The van der Waals surface area contributed by atoms with Crippen LogP contribution < -0.4 is 16.0 Å². The summed E-state index contributed by atoms with van der Waals surface area (Å²) >= 11 is 0. The van der Waals surface area contributed by atoms with Crippen molar-refractivity contribution in [3.05, 3.63) is 54.0 Å². The molecule has 1 spiro atoms. The molecule has 31 heavy (non-hydrogen) atoms. The lowest BCUT2D eigenvalue weighted by Crippen LogP contribution is -2.55. The standard InChI is InChI=1S/C23H27FN6O/c24-17-6-3-5-16(13-17)14-26-22(31)30-12-10-23(15-30)21(27-18-7-1-2-8-18)28-20-19(29-23)9-4-11-25-20/h3-6,9,11,13,18,29H,1-2,7-8,10,12,14-15H2,(H,26,31)(H,25,27,28). The topological polar surface area (TPSA) is 81.7 Å². The molecule has 1 atom stereocenters. The molecule has 7 nitrogen and oxygen atoms in total. The number of nitrogens with one attached hydrogen (secondary N) is 3. The fourth-order valence-electron chi connectivity index (χ4n) is 4.74. The van der Waals surface area contributed by atoms with E-state index in [1.807, 2.05) is 12.1 Å². The number of halogens is 1. The van der Waals surface area contributed by atoms with Gasteiger partial charge >= 0.3 is 6.03 Å². The van der Waals surface area contributed by atoms with Crippen LogP contribution in [-0.4, -0.2) is 46.4 Å². The normalized spacial score (nSPS) is 24.2. The largest absolute Gasteiger partial charge is 0.368 e. The average Bonchev–Trinajstić information content (AvgIpc) is 3.43. The third kappa shape index (κ3) is 4.06. The van der Waals surface area contributed by atoms with E-state index >= 15 is 0 Å². The van der Waals surface area contributed by atoms with Crippen molar-refractivity contribution < 1.29 is 9.18 Å². The third-order valence-electron chi connectivity index (χ3n) is 6.40. The van der Waals surface area contributed by atoms with Gasteiger partial charge in [0, 0.05) is 19.3 Å². The summed E-state index contributed by atoms with van der Waals surface area (Å²) in [5, 5.41) is 10.0.